The summed E-state index contributed by atoms with van der Waals surface area (Å²) >= 11 is 0. The zero-order valence-corrected chi connectivity index (χ0v) is 9.98. The largest absolute Gasteiger partial charge is 0.455 e. The molecule has 0 saturated carbocycles. The van der Waals surface area contributed by atoms with Crippen molar-refractivity contribution in [1.29, 1.82) is 0 Å². The molecule has 0 spiro atoms. The average Bonchev–Trinajstić information content (AvgIpc) is 2.27. The van der Waals surface area contributed by atoms with Gasteiger partial charge in [-0.05, 0) is 0 Å². The molecular formula is C10H16O8. The van der Waals surface area contributed by atoms with Crippen molar-refractivity contribution in [1.82, 2.24) is 0 Å². The Hall–Kier alpha value is -1.22. The second-order valence-electron chi connectivity index (χ2n) is 3.89. The van der Waals surface area contributed by atoms with Crippen LogP contribution in [0.15, 0.2) is 0 Å². The van der Waals surface area contributed by atoms with Crippen LogP contribution >= 0.6 is 0 Å². The van der Waals surface area contributed by atoms with Gasteiger partial charge in [-0.1, -0.05) is 0 Å². The molecule has 5 atom stereocenters. The molecule has 0 amide bonds. The second kappa shape index (κ2) is 6.10. The minimum absolute atomic E-state index is 0.581. The van der Waals surface area contributed by atoms with Gasteiger partial charge in [0.2, 0.25) is 0 Å². The number of rotatable bonds is 3. The number of ether oxygens (including phenoxy) is 3. The molecule has 1 saturated heterocycles. The average molecular weight is 264 g/mol. The lowest BCUT2D eigenvalue weighted by molar-refractivity contribution is -0.293. The Bertz CT molecular complexity index is 317. The third-order valence-electron chi connectivity index (χ3n) is 2.42. The fourth-order valence-electron chi connectivity index (χ4n) is 1.70. The van der Waals surface area contributed by atoms with E-state index in [1.54, 1.807) is 0 Å². The highest BCUT2D eigenvalue weighted by atomic mass is 16.7. The molecule has 3 N–H and O–H groups in total. The topological polar surface area (TPSA) is 123 Å². The highest BCUT2D eigenvalue weighted by molar-refractivity contribution is 5.67. The van der Waals surface area contributed by atoms with Crippen LogP contribution in [0.3, 0.4) is 0 Å². The van der Waals surface area contributed by atoms with Gasteiger partial charge in [0.05, 0.1) is 6.61 Å². The molecule has 1 fully saturated rings. The van der Waals surface area contributed by atoms with E-state index in [2.05, 4.69) is 0 Å². The standard InChI is InChI=1S/C10H16O8/c1-4(12)16-8-7(14)6(3-11)18-10(15)9(8)17-5(2)13/h6-11,14-15H,3H2,1-2H3/t6-,7-,8+,9-,10-/m1/s1. The van der Waals surface area contributed by atoms with Crippen LogP contribution in [0.4, 0.5) is 0 Å². The van der Waals surface area contributed by atoms with E-state index < -0.39 is 49.3 Å². The summed E-state index contributed by atoms with van der Waals surface area (Å²) in [6.07, 6.45) is -6.78. The minimum Gasteiger partial charge on any atom is -0.455 e. The first kappa shape index (κ1) is 14.8. The summed E-state index contributed by atoms with van der Waals surface area (Å²) in [5, 5.41) is 28.4. The summed E-state index contributed by atoms with van der Waals surface area (Å²) in [5.74, 6) is -1.45. The maximum atomic E-state index is 10.9. The molecule has 1 heterocycles. The molecule has 8 heteroatoms. The van der Waals surface area contributed by atoms with Gasteiger partial charge in [0.15, 0.2) is 18.5 Å². The van der Waals surface area contributed by atoms with E-state index in [-0.39, 0.29) is 0 Å². The second-order valence-corrected chi connectivity index (χ2v) is 3.89. The number of hydrogen-bond acceptors (Lipinski definition) is 8. The molecular weight excluding hydrogens is 248 g/mol. The van der Waals surface area contributed by atoms with Crippen molar-refractivity contribution in [3.05, 3.63) is 0 Å². The molecule has 0 bridgehead atoms. The van der Waals surface area contributed by atoms with Gasteiger partial charge in [-0.3, -0.25) is 9.59 Å². The van der Waals surface area contributed by atoms with Gasteiger partial charge in [0, 0.05) is 13.8 Å². The molecule has 0 aromatic carbocycles. The lowest BCUT2D eigenvalue weighted by Crippen LogP contribution is -2.60. The summed E-state index contributed by atoms with van der Waals surface area (Å²) in [4.78, 5) is 21.8. The third kappa shape index (κ3) is 3.39. The first-order valence-electron chi connectivity index (χ1n) is 5.33. The van der Waals surface area contributed by atoms with Gasteiger partial charge in [-0.25, -0.2) is 0 Å². The number of esters is 2. The monoisotopic (exact) mass is 264 g/mol. The SMILES string of the molecule is CC(=O)O[C@@H]1[C@@H](OC(C)=O)[C@H](O)[C@@H](CO)O[C@H]1O. The van der Waals surface area contributed by atoms with Crippen molar-refractivity contribution in [2.75, 3.05) is 6.61 Å². The Kier molecular flexibility index (Phi) is 5.03. The van der Waals surface area contributed by atoms with Gasteiger partial charge < -0.3 is 29.5 Å². The van der Waals surface area contributed by atoms with Crippen molar-refractivity contribution in [2.45, 2.75) is 44.6 Å². The van der Waals surface area contributed by atoms with Gasteiger partial charge in [-0.15, -0.1) is 0 Å². The summed E-state index contributed by atoms with van der Waals surface area (Å²) < 4.78 is 14.4. The van der Waals surface area contributed by atoms with Crippen LogP contribution in [0.25, 0.3) is 0 Å². The molecule has 0 unspecified atom stereocenters. The van der Waals surface area contributed by atoms with Gasteiger partial charge in [-0.2, -0.15) is 0 Å². The van der Waals surface area contributed by atoms with Crippen molar-refractivity contribution >= 4 is 11.9 Å². The van der Waals surface area contributed by atoms with Crippen LogP contribution in [0.2, 0.25) is 0 Å². The first-order valence-corrected chi connectivity index (χ1v) is 5.33. The van der Waals surface area contributed by atoms with E-state index in [1.165, 1.54) is 0 Å². The van der Waals surface area contributed by atoms with Crippen molar-refractivity contribution in [3.63, 3.8) is 0 Å². The van der Waals surface area contributed by atoms with Gasteiger partial charge in [0.1, 0.15) is 12.2 Å². The summed E-state index contributed by atoms with van der Waals surface area (Å²) in [7, 11) is 0. The third-order valence-corrected chi connectivity index (χ3v) is 2.42. The molecule has 0 aliphatic carbocycles. The van der Waals surface area contributed by atoms with Crippen LogP contribution in [0, 0.1) is 0 Å². The molecule has 1 aliphatic rings. The van der Waals surface area contributed by atoms with E-state index in [0.717, 1.165) is 13.8 Å². The minimum atomic E-state index is -1.60. The summed E-state index contributed by atoms with van der Waals surface area (Å²) in [6.45, 7) is 1.62. The van der Waals surface area contributed by atoms with E-state index in [4.69, 9.17) is 19.3 Å². The smallest absolute Gasteiger partial charge is 0.303 e. The Balaban J connectivity index is 2.89. The molecule has 0 radical (unpaired) electrons. The zero-order chi connectivity index (χ0) is 13.9. The predicted molar refractivity (Wildman–Crippen MR) is 55.1 cm³/mol. The van der Waals surface area contributed by atoms with Crippen LogP contribution in [-0.2, 0) is 23.8 Å². The Labute approximate surface area is 103 Å². The van der Waals surface area contributed by atoms with E-state index in [0.29, 0.717) is 0 Å². The van der Waals surface area contributed by atoms with Crippen molar-refractivity contribution < 1.29 is 39.1 Å². The van der Waals surface area contributed by atoms with E-state index in [1.807, 2.05) is 0 Å². The number of hydrogen-bond donors (Lipinski definition) is 3. The number of aliphatic hydroxyl groups is 3. The van der Waals surface area contributed by atoms with Crippen LogP contribution in [0.1, 0.15) is 13.8 Å². The molecule has 1 aliphatic heterocycles. The number of aliphatic hydroxyl groups excluding tert-OH is 3. The molecule has 8 nitrogen and oxygen atoms in total. The van der Waals surface area contributed by atoms with Gasteiger partial charge >= 0.3 is 11.9 Å². The lowest BCUT2D eigenvalue weighted by Gasteiger charge is -2.40. The highest BCUT2D eigenvalue weighted by Gasteiger charge is 2.48. The lowest BCUT2D eigenvalue weighted by atomic mass is 9.99. The number of carbonyl (C=O) groups is 2. The Morgan fingerprint density at radius 2 is 1.61 bits per heavy atom. The molecule has 0 aromatic heterocycles. The first-order chi connectivity index (χ1) is 8.36. The molecule has 0 aromatic rings. The Morgan fingerprint density at radius 3 is 2.06 bits per heavy atom. The van der Waals surface area contributed by atoms with Crippen LogP contribution < -0.4 is 0 Å². The fourth-order valence-corrected chi connectivity index (χ4v) is 1.70. The van der Waals surface area contributed by atoms with Gasteiger partial charge in [0.25, 0.3) is 0 Å². The van der Waals surface area contributed by atoms with E-state index >= 15 is 0 Å². The van der Waals surface area contributed by atoms with Crippen molar-refractivity contribution in [2.24, 2.45) is 0 Å². The summed E-state index contributed by atoms with van der Waals surface area (Å²) in [5.41, 5.74) is 0. The quantitative estimate of drug-likeness (QED) is 0.496. The normalized spacial score (nSPS) is 35.9. The number of carbonyl (C=O) groups excluding carboxylic acids is 2. The summed E-state index contributed by atoms with van der Waals surface area (Å²) in [6, 6.07) is 0. The Morgan fingerprint density at radius 1 is 1.11 bits per heavy atom. The fraction of sp³-hybridized carbons (Fsp3) is 0.800. The predicted octanol–water partition coefficient (Wildman–Crippen LogP) is -2.08. The highest BCUT2D eigenvalue weighted by Crippen LogP contribution is 2.24. The van der Waals surface area contributed by atoms with Crippen molar-refractivity contribution in [3.8, 4) is 0 Å². The molecule has 1 rings (SSSR count). The van der Waals surface area contributed by atoms with E-state index in [9.17, 15) is 19.8 Å². The van der Waals surface area contributed by atoms with Crippen LogP contribution in [-0.4, -0.2) is 64.6 Å². The molecule has 104 valence electrons. The van der Waals surface area contributed by atoms with Crippen LogP contribution in [0.5, 0.6) is 0 Å². The zero-order valence-electron chi connectivity index (χ0n) is 9.98. The molecule has 18 heavy (non-hydrogen) atoms. The maximum Gasteiger partial charge on any atom is 0.303 e. The maximum absolute atomic E-state index is 10.9.